The number of methoxy groups -OCH3 is 2. The molecule has 0 bridgehead atoms. The summed E-state index contributed by atoms with van der Waals surface area (Å²) in [6.07, 6.45) is 0.758. The van der Waals surface area contributed by atoms with Crippen LogP contribution in [-0.4, -0.2) is 77.2 Å². The maximum Gasteiger partial charge on any atom is 0.246 e. The first-order chi connectivity index (χ1) is 12.0. The van der Waals surface area contributed by atoms with Crippen LogP contribution < -0.4 is 14.8 Å². The zero-order valence-corrected chi connectivity index (χ0v) is 15.3. The van der Waals surface area contributed by atoms with Gasteiger partial charge in [0.05, 0.1) is 14.2 Å². The molecule has 140 valence electrons. The Balaban J connectivity index is 1.82. The zero-order chi connectivity index (χ0) is 18.0. The van der Waals surface area contributed by atoms with E-state index < -0.39 is 15.8 Å². The van der Waals surface area contributed by atoms with Crippen LogP contribution in [0.25, 0.3) is 0 Å². The van der Waals surface area contributed by atoms with Crippen molar-refractivity contribution in [2.24, 2.45) is 0 Å². The molecule has 2 saturated heterocycles. The minimum absolute atomic E-state index is 0.166. The van der Waals surface area contributed by atoms with Crippen molar-refractivity contribution in [1.82, 2.24) is 14.5 Å². The highest BCUT2D eigenvalue weighted by Gasteiger charge is 2.37. The van der Waals surface area contributed by atoms with Crippen LogP contribution in [0.1, 0.15) is 6.42 Å². The second-order valence-corrected chi connectivity index (χ2v) is 8.14. The van der Waals surface area contributed by atoms with E-state index >= 15 is 0 Å². The van der Waals surface area contributed by atoms with Crippen LogP contribution in [0.2, 0.25) is 0 Å². The van der Waals surface area contributed by atoms with E-state index in [0.717, 1.165) is 38.7 Å². The maximum atomic E-state index is 14.4. The number of nitrogens with zero attached hydrogens (tertiary/aromatic N) is 2. The van der Waals surface area contributed by atoms with Crippen molar-refractivity contribution in [2.75, 3.05) is 53.5 Å². The molecule has 0 saturated carbocycles. The predicted molar refractivity (Wildman–Crippen MR) is 91.1 cm³/mol. The smallest absolute Gasteiger partial charge is 0.246 e. The lowest BCUT2D eigenvalue weighted by atomic mass is 10.2. The Morgan fingerprint density at radius 2 is 1.76 bits per heavy atom. The molecule has 1 N–H and O–H groups in total. The van der Waals surface area contributed by atoms with Gasteiger partial charge in [-0.2, -0.15) is 4.31 Å². The summed E-state index contributed by atoms with van der Waals surface area (Å²) in [5.41, 5.74) is 0. The molecule has 1 aromatic rings. The van der Waals surface area contributed by atoms with Gasteiger partial charge in [-0.25, -0.2) is 12.8 Å². The van der Waals surface area contributed by atoms with Crippen LogP contribution in [0.5, 0.6) is 11.5 Å². The first-order valence-electron chi connectivity index (χ1n) is 8.34. The minimum Gasteiger partial charge on any atom is -0.493 e. The molecule has 0 radical (unpaired) electrons. The van der Waals surface area contributed by atoms with Gasteiger partial charge in [-0.3, -0.25) is 4.90 Å². The van der Waals surface area contributed by atoms with Crippen LogP contribution in [0, 0.1) is 5.82 Å². The monoisotopic (exact) mass is 373 g/mol. The Bertz CT molecular complexity index is 722. The van der Waals surface area contributed by atoms with Gasteiger partial charge in [0.25, 0.3) is 0 Å². The second kappa shape index (κ2) is 7.45. The van der Waals surface area contributed by atoms with Gasteiger partial charge in [0.1, 0.15) is 10.7 Å². The highest BCUT2D eigenvalue weighted by molar-refractivity contribution is 7.89. The van der Waals surface area contributed by atoms with E-state index in [2.05, 4.69) is 10.2 Å². The third kappa shape index (κ3) is 3.59. The number of piperazine rings is 1. The predicted octanol–water partition coefficient (Wildman–Crippen LogP) is 0.511. The fraction of sp³-hybridized carbons (Fsp3) is 0.625. The molecule has 2 fully saturated rings. The fourth-order valence-electron chi connectivity index (χ4n) is 3.45. The van der Waals surface area contributed by atoms with Crippen molar-refractivity contribution < 1.29 is 22.3 Å². The summed E-state index contributed by atoms with van der Waals surface area (Å²) in [5.74, 6) is -0.470. The normalized spacial score (nSPS) is 22.9. The number of rotatable bonds is 5. The van der Waals surface area contributed by atoms with Crippen molar-refractivity contribution >= 4 is 10.0 Å². The number of hydrogen-bond donors (Lipinski definition) is 1. The molecule has 1 aromatic carbocycles. The summed E-state index contributed by atoms with van der Waals surface area (Å²) >= 11 is 0. The lowest BCUT2D eigenvalue weighted by Crippen LogP contribution is -2.49. The van der Waals surface area contributed by atoms with E-state index in [1.807, 2.05) is 0 Å². The van der Waals surface area contributed by atoms with Gasteiger partial charge in [-0.1, -0.05) is 0 Å². The lowest BCUT2D eigenvalue weighted by molar-refractivity contribution is 0.179. The summed E-state index contributed by atoms with van der Waals surface area (Å²) in [7, 11) is -1.15. The summed E-state index contributed by atoms with van der Waals surface area (Å²) in [4.78, 5) is 1.93. The Kier molecular flexibility index (Phi) is 5.47. The van der Waals surface area contributed by atoms with Gasteiger partial charge in [0.2, 0.25) is 10.0 Å². The van der Waals surface area contributed by atoms with E-state index in [0.29, 0.717) is 13.1 Å². The maximum absolute atomic E-state index is 14.4. The Morgan fingerprint density at radius 3 is 2.40 bits per heavy atom. The quantitative estimate of drug-likeness (QED) is 0.811. The molecule has 2 aliphatic rings. The molecule has 1 atom stereocenters. The molecule has 9 heteroatoms. The molecule has 2 aliphatic heterocycles. The Labute approximate surface area is 147 Å². The fourth-order valence-corrected chi connectivity index (χ4v) is 5.00. The minimum atomic E-state index is -3.92. The van der Waals surface area contributed by atoms with Crippen LogP contribution in [0.3, 0.4) is 0 Å². The molecular formula is C16H24FN3O4S. The van der Waals surface area contributed by atoms with Crippen molar-refractivity contribution in [3.05, 3.63) is 17.9 Å². The standard InChI is InChI=1S/C16H24FN3O4S/c1-23-14-9-13(17)16(10-15(14)24-2)25(21,22)20-6-3-12(11-20)19-7-4-18-5-8-19/h9-10,12,18H,3-8,11H2,1-2H3. The topological polar surface area (TPSA) is 71.1 Å². The van der Waals surface area contributed by atoms with Gasteiger partial charge in [-0.05, 0) is 6.42 Å². The molecule has 1 unspecified atom stereocenters. The van der Waals surface area contributed by atoms with E-state index in [1.165, 1.54) is 24.6 Å². The summed E-state index contributed by atoms with van der Waals surface area (Å²) < 4.78 is 51.7. The SMILES string of the molecule is COc1cc(F)c(S(=O)(=O)N2CCC(N3CCNCC3)C2)cc1OC. The average molecular weight is 373 g/mol. The number of ether oxygens (including phenoxy) is 2. The summed E-state index contributed by atoms with van der Waals surface area (Å²) in [6.45, 7) is 4.41. The van der Waals surface area contributed by atoms with Gasteiger partial charge < -0.3 is 14.8 Å². The molecule has 0 aromatic heterocycles. The van der Waals surface area contributed by atoms with E-state index in [1.54, 1.807) is 0 Å². The van der Waals surface area contributed by atoms with Crippen LogP contribution in [0.4, 0.5) is 4.39 Å². The molecule has 0 spiro atoms. The number of benzene rings is 1. The highest BCUT2D eigenvalue weighted by Crippen LogP contribution is 2.34. The first kappa shape index (κ1) is 18.4. The molecule has 0 aliphatic carbocycles. The first-order valence-corrected chi connectivity index (χ1v) is 9.78. The van der Waals surface area contributed by atoms with Crippen LogP contribution >= 0.6 is 0 Å². The lowest BCUT2D eigenvalue weighted by Gasteiger charge is -2.32. The Morgan fingerprint density at radius 1 is 1.12 bits per heavy atom. The van der Waals surface area contributed by atoms with Gasteiger partial charge in [-0.15, -0.1) is 0 Å². The molecule has 25 heavy (non-hydrogen) atoms. The Hall–Kier alpha value is -1.42. The highest BCUT2D eigenvalue weighted by atomic mass is 32.2. The molecule has 7 nitrogen and oxygen atoms in total. The average Bonchev–Trinajstić information content (AvgIpc) is 3.13. The molecule has 3 rings (SSSR count). The van der Waals surface area contributed by atoms with Gasteiger partial charge in [0, 0.05) is 57.4 Å². The third-order valence-electron chi connectivity index (χ3n) is 4.85. The molecule has 2 heterocycles. The van der Waals surface area contributed by atoms with Crippen molar-refractivity contribution in [3.63, 3.8) is 0 Å². The number of sulfonamides is 1. The van der Waals surface area contributed by atoms with Crippen molar-refractivity contribution in [2.45, 2.75) is 17.4 Å². The van der Waals surface area contributed by atoms with E-state index in [9.17, 15) is 12.8 Å². The van der Waals surface area contributed by atoms with Crippen LogP contribution in [-0.2, 0) is 10.0 Å². The summed E-state index contributed by atoms with van der Waals surface area (Å²) in [5, 5.41) is 3.29. The largest absolute Gasteiger partial charge is 0.493 e. The van der Waals surface area contributed by atoms with Gasteiger partial charge in [0.15, 0.2) is 11.5 Å². The van der Waals surface area contributed by atoms with E-state index in [4.69, 9.17) is 9.47 Å². The van der Waals surface area contributed by atoms with Crippen molar-refractivity contribution in [1.29, 1.82) is 0 Å². The van der Waals surface area contributed by atoms with Crippen molar-refractivity contribution in [3.8, 4) is 11.5 Å². The van der Waals surface area contributed by atoms with Gasteiger partial charge >= 0.3 is 0 Å². The second-order valence-electron chi connectivity index (χ2n) is 6.23. The van der Waals surface area contributed by atoms with Crippen LogP contribution in [0.15, 0.2) is 17.0 Å². The molecule has 0 amide bonds. The van der Waals surface area contributed by atoms with E-state index in [-0.39, 0.29) is 22.4 Å². The number of halogens is 1. The zero-order valence-electron chi connectivity index (χ0n) is 14.5. The number of hydrogen-bond acceptors (Lipinski definition) is 6. The summed E-state index contributed by atoms with van der Waals surface area (Å²) in [6, 6.07) is 2.43. The molecular weight excluding hydrogens is 349 g/mol. The third-order valence-corrected chi connectivity index (χ3v) is 6.73. The number of nitrogens with one attached hydrogen (secondary N) is 1.